The van der Waals surface area contributed by atoms with Crippen molar-refractivity contribution in [1.82, 2.24) is 4.40 Å². The Morgan fingerprint density at radius 2 is 1.74 bits per heavy atom. The number of thiocarbonyl (C=S) groups is 1. The third kappa shape index (κ3) is 1.83. The van der Waals surface area contributed by atoms with Gasteiger partial charge in [0, 0.05) is 16.6 Å². The molecule has 3 heteroatoms. The zero-order valence-corrected chi connectivity index (χ0v) is 11.3. The number of pyridine rings is 1. The summed E-state index contributed by atoms with van der Waals surface area (Å²) in [5.41, 5.74) is 3.49. The minimum Gasteiger partial charge on any atom is -0.505 e. The number of rotatable bonds is 2. The predicted molar refractivity (Wildman–Crippen MR) is 81.9 cm³/mol. The Hall–Kier alpha value is -2.13. The maximum atomic E-state index is 10.5. The molecule has 0 unspecified atom stereocenters. The van der Waals surface area contributed by atoms with Crippen LogP contribution in [0.1, 0.15) is 12.6 Å². The Labute approximate surface area is 116 Å². The Morgan fingerprint density at radius 1 is 1.05 bits per heavy atom. The van der Waals surface area contributed by atoms with Gasteiger partial charge in [0.1, 0.15) is 5.69 Å². The van der Waals surface area contributed by atoms with E-state index in [4.69, 9.17) is 12.2 Å². The SMILES string of the molecule is CC(=S)c1c(O)c(-c2ccccc2)c2ccccn12. The molecule has 0 saturated heterocycles. The van der Waals surface area contributed by atoms with E-state index in [1.807, 2.05) is 66.1 Å². The van der Waals surface area contributed by atoms with Crippen LogP contribution in [0.2, 0.25) is 0 Å². The van der Waals surface area contributed by atoms with Gasteiger partial charge < -0.3 is 9.51 Å². The maximum Gasteiger partial charge on any atom is 0.150 e. The fourth-order valence-corrected chi connectivity index (χ4v) is 2.62. The number of nitrogens with zero attached hydrogens (tertiary/aromatic N) is 1. The van der Waals surface area contributed by atoms with Crippen LogP contribution in [0.25, 0.3) is 16.6 Å². The average molecular weight is 267 g/mol. The van der Waals surface area contributed by atoms with Crippen LogP contribution in [0, 0.1) is 0 Å². The normalized spacial score (nSPS) is 10.8. The largest absolute Gasteiger partial charge is 0.505 e. The van der Waals surface area contributed by atoms with E-state index in [-0.39, 0.29) is 5.75 Å². The average Bonchev–Trinajstić information content (AvgIpc) is 2.71. The summed E-state index contributed by atoms with van der Waals surface area (Å²) >= 11 is 5.26. The fraction of sp³-hybridized carbons (Fsp3) is 0.0625. The highest BCUT2D eigenvalue weighted by Crippen LogP contribution is 2.38. The number of fused-ring (bicyclic) bond motifs is 1. The molecule has 0 aliphatic carbocycles. The molecular formula is C16H13NOS. The van der Waals surface area contributed by atoms with E-state index >= 15 is 0 Å². The van der Waals surface area contributed by atoms with Gasteiger partial charge in [-0.1, -0.05) is 48.6 Å². The highest BCUT2D eigenvalue weighted by atomic mass is 32.1. The molecule has 94 valence electrons. The van der Waals surface area contributed by atoms with Crippen LogP contribution in [-0.2, 0) is 0 Å². The summed E-state index contributed by atoms with van der Waals surface area (Å²) in [5.74, 6) is 0.255. The van der Waals surface area contributed by atoms with Crippen molar-refractivity contribution in [2.24, 2.45) is 0 Å². The van der Waals surface area contributed by atoms with Crippen LogP contribution >= 0.6 is 12.2 Å². The molecule has 2 heterocycles. The highest BCUT2D eigenvalue weighted by molar-refractivity contribution is 7.80. The second kappa shape index (κ2) is 4.52. The van der Waals surface area contributed by atoms with Crippen molar-refractivity contribution in [3.8, 4) is 16.9 Å². The molecule has 0 spiro atoms. The summed E-state index contributed by atoms with van der Waals surface area (Å²) in [6, 6.07) is 15.8. The lowest BCUT2D eigenvalue weighted by Gasteiger charge is -2.00. The van der Waals surface area contributed by atoms with Crippen LogP contribution in [0.5, 0.6) is 5.75 Å². The third-order valence-corrected chi connectivity index (χ3v) is 3.41. The van der Waals surface area contributed by atoms with E-state index in [2.05, 4.69) is 0 Å². The first-order valence-corrected chi connectivity index (χ1v) is 6.49. The molecule has 0 saturated carbocycles. The van der Waals surface area contributed by atoms with E-state index in [0.717, 1.165) is 16.6 Å². The second-order valence-electron chi connectivity index (χ2n) is 4.45. The first-order valence-electron chi connectivity index (χ1n) is 6.08. The Kier molecular flexibility index (Phi) is 2.84. The monoisotopic (exact) mass is 267 g/mol. The molecule has 19 heavy (non-hydrogen) atoms. The van der Waals surface area contributed by atoms with Gasteiger partial charge in [-0.2, -0.15) is 0 Å². The number of benzene rings is 1. The van der Waals surface area contributed by atoms with Gasteiger partial charge >= 0.3 is 0 Å². The maximum absolute atomic E-state index is 10.5. The van der Waals surface area contributed by atoms with E-state index in [1.54, 1.807) is 0 Å². The number of aromatic nitrogens is 1. The van der Waals surface area contributed by atoms with Gasteiger partial charge in [0.05, 0.1) is 5.52 Å². The van der Waals surface area contributed by atoms with Crippen LogP contribution in [0.3, 0.4) is 0 Å². The number of hydrogen-bond acceptors (Lipinski definition) is 2. The first kappa shape index (κ1) is 11.9. The van der Waals surface area contributed by atoms with Crippen LogP contribution in [-0.4, -0.2) is 14.4 Å². The lowest BCUT2D eigenvalue weighted by Crippen LogP contribution is -1.96. The third-order valence-electron chi connectivity index (χ3n) is 3.21. The van der Waals surface area contributed by atoms with E-state index in [9.17, 15) is 5.11 Å². The lowest BCUT2D eigenvalue weighted by molar-refractivity contribution is 0.476. The van der Waals surface area contributed by atoms with Gasteiger partial charge in [-0.15, -0.1) is 0 Å². The van der Waals surface area contributed by atoms with Crippen molar-refractivity contribution in [2.45, 2.75) is 6.92 Å². The minimum absolute atomic E-state index is 0.255. The molecule has 2 nitrogen and oxygen atoms in total. The van der Waals surface area contributed by atoms with Gasteiger partial charge in [0.2, 0.25) is 0 Å². The van der Waals surface area contributed by atoms with Gasteiger partial charge in [0.15, 0.2) is 5.75 Å². The molecule has 1 N–H and O–H groups in total. The molecule has 1 aromatic carbocycles. The van der Waals surface area contributed by atoms with E-state index < -0.39 is 0 Å². The van der Waals surface area contributed by atoms with Crippen molar-refractivity contribution >= 4 is 22.6 Å². The standard InChI is InChI=1S/C16H13NOS/c1-11(19)15-16(18)14(12-7-3-2-4-8-12)13-9-5-6-10-17(13)15/h2-10,18H,1H3. The molecule has 3 aromatic rings. The predicted octanol–water partition coefficient (Wildman–Crippen LogP) is 4.05. The number of hydrogen-bond donors (Lipinski definition) is 1. The van der Waals surface area contributed by atoms with Gasteiger partial charge in [-0.3, -0.25) is 0 Å². The van der Waals surface area contributed by atoms with E-state index in [1.165, 1.54) is 0 Å². The number of aromatic hydroxyl groups is 1. The molecule has 0 bridgehead atoms. The van der Waals surface area contributed by atoms with Gasteiger partial charge in [-0.05, 0) is 24.6 Å². The molecule has 0 radical (unpaired) electrons. The quantitative estimate of drug-likeness (QED) is 0.559. The minimum atomic E-state index is 0.255. The summed E-state index contributed by atoms with van der Waals surface area (Å²) in [6.45, 7) is 1.83. The van der Waals surface area contributed by atoms with Crippen LogP contribution in [0.15, 0.2) is 54.7 Å². The fourth-order valence-electron chi connectivity index (χ4n) is 2.42. The molecule has 2 aromatic heterocycles. The Bertz CT molecular complexity index is 759. The van der Waals surface area contributed by atoms with E-state index in [0.29, 0.717) is 10.6 Å². The zero-order chi connectivity index (χ0) is 13.4. The molecule has 0 atom stereocenters. The molecule has 0 aliphatic rings. The summed E-state index contributed by atoms with van der Waals surface area (Å²) < 4.78 is 1.94. The second-order valence-corrected chi connectivity index (χ2v) is 5.06. The topological polar surface area (TPSA) is 24.6 Å². The molecule has 0 amide bonds. The molecule has 3 rings (SSSR count). The Morgan fingerprint density at radius 3 is 2.42 bits per heavy atom. The molecular weight excluding hydrogens is 254 g/mol. The van der Waals surface area contributed by atoms with Crippen molar-refractivity contribution < 1.29 is 5.11 Å². The van der Waals surface area contributed by atoms with Crippen molar-refractivity contribution in [3.63, 3.8) is 0 Å². The smallest absolute Gasteiger partial charge is 0.150 e. The highest BCUT2D eigenvalue weighted by Gasteiger charge is 2.19. The van der Waals surface area contributed by atoms with Crippen LogP contribution < -0.4 is 0 Å². The van der Waals surface area contributed by atoms with Crippen molar-refractivity contribution in [3.05, 3.63) is 60.4 Å². The Balaban J connectivity index is 2.43. The zero-order valence-electron chi connectivity index (χ0n) is 10.5. The van der Waals surface area contributed by atoms with Gasteiger partial charge in [0.25, 0.3) is 0 Å². The van der Waals surface area contributed by atoms with Gasteiger partial charge in [-0.25, -0.2) is 0 Å². The summed E-state index contributed by atoms with van der Waals surface area (Å²) in [7, 11) is 0. The van der Waals surface area contributed by atoms with Crippen molar-refractivity contribution in [1.29, 1.82) is 0 Å². The molecule has 0 aliphatic heterocycles. The summed E-state index contributed by atoms with van der Waals surface area (Å²) in [5, 5.41) is 10.5. The first-order chi connectivity index (χ1) is 9.20. The summed E-state index contributed by atoms with van der Waals surface area (Å²) in [4.78, 5) is 0.681. The van der Waals surface area contributed by atoms with Crippen LogP contribution in [0.4, 0.5) is 0 Å². The van der Waals surface area contributed by atoms with Crippen molar-refractivity contribution in [2.75, 3.05) is 0 Å². The molecule has 0 fully saturated rings. The summed E-state index contributed by atoms with van der Waals surface area (Å²) in [6.07, 6.45) is 1.92. The lowest BCUT2D eigenvalue weighted by atomic mass is 10.1.